The van der Waals surface area contributed by atoms with Crippen molar-refractivity contribution < 1.29 is 13.4 Å². The fourth-order valence-corrected chi connectivity index (χ4v) is 1.35. The number of furan rings is 1. The van der Waals surface area contributed by atoms with E-state index >= 15 is 0 Å². The van der Waals surface area contributed by atoms with Crippen LogP contribution in [0.4, 0.5) is 0 Å². The van der Waals surface area contributed by atoms with E-state index in [-0.39, 0.29) is 5.97 Å². The van der Waals surface area contributed by atoms with Crippen LogP contribution < -0.4 is 0 Å². The highest BCUT2D eigenvalue weighted by Crippen LogP contribution is 2.14. The van der Waals surface area contributed by atoms with E-state index in [9.17, 15) is 4.79 Å². The highest BCUT2D eigenvalue weighted by atomic mass is 32.2. The Hall–Kier alpha value is -0.900. The van der Waals surface area contributed by atoms with Crippen molar-refractivity contribution in [2.75, 3.05) is 0 Å². The van der Waals surface area contributed by atoms with Gasteiger partial charge in [0.15, 0.2) is 0 Å². The average Bonchev–Trinajstić information content (AvgIpc) is 2.57. The lowest BCUT2D eigenvalue weighted by molar-refractivity contribution is -0.133. The van der Waals surface area contributed by atoms with Crippen LogP contribution >= 0.6 is 12.0 Å². The molecule has 1 aromatic rings. The molecule has 4 heteroatoms. The van der Waals surface area contributed by atoms with Gasteiger partial charge in [-0.2, -0.15) is 0 Å². The monoisotopic (exact) mass is 200 g/mol. The molecule has 1 aromatic heterocycles. The fourth-order valence-electron chi connectivity index (χ4n) is 0.794. The van der Waals surface area contributed by atoms with Crippen LogP contribution in [0.5, 0.6) is 0 Å². The largest absolute Gasteiger partial charge is 0.468 e. The highest BCUT2D eigenvalue weighted by Gasteiger charge is 2.02. The molecule has 0 atom stereocenters. The molecule has 0 aromatic carbocycles. The summed E-state index contributed by atoms with van der Waals surface area (Å²) in [6, 6.07) is 3.66. The van der Waals surface area contributed by atoms with Gasteiger partial charge in [0.25, 0.3) is 0 Å². The summed E-state index contributed by atoms with van der Waals surface area (Å²) in [4.78, 5) is 10.9. The van der Waals surface area contributed by atoms with E-state index in [1.54, 1.807) is 6.26 Å². The van der Waals surface area contributed by atoms with Crippen molar-refractivity contribution >= 4 is 18.0 Å². The Labute approximate surface area is 81.7 Å². The van der Waals surface area contributed by atoms with Crippen LogP contribution in [0.25, 0.3) is 0 Å². The van der Waals surface area contributed by atoms with Crippen molar-refractivity contribution in [1.29, 1.82) is 0 Å². The van der Waals surface area contributed by atoms with E-state index in [0.29, 0.717) is 12.2 Å². The molecular weight excluding hydrogens is 188 g/mol. The molecule has 0 aliphatic carbocycles. The molecule has 0 amide bonds. The third-order valence-electron chi connectivity index (χ3n) is 1.39. The average molecular weight is 200 g/mol. The lowest BCUT2D eigenvalue weighted by atomic mass is 10.4. The van der Waals surface area contributed by atoms with E-state index in [2.05, 4.69) is 0 Å². The second-order valence-electron chi connectivity index (χ2n) is 2.55. The lowest BCUT2D eigenvalue weighted by Crippen LogP contribution is -1.97. The summed E-state index contributed by atoms with van der Waals surface area (Å²) in [6.07, 6.45) is 2.90. The first kappa shape index (κ1) is 10.2. The van der Waals surface area contributed by atoms with E-state index in [1.165, 1.54) is 0 Å². The summed E-state index contributed by atoms with van der Waals surface area (Å²) in [5.74, 6) is 1.22. The van der Waals surface area contributed by atoms with Gasteiger partial charge in [-0.3, -0.25) is 4.79 Å². The summed E-state index contributed by atoms with van der Waals surface area (Å²) in [5.41, 5.74) is 0. The second kappa shape index (κ2) is 5.70. The molecule has 0 unspecified atom stereocenters. The quantitative estimate of drug-likeness (QED) is 0.685. The molecule has 0 N–H and O–H groups in total. The Morgan fingerprint density at radius 3 is 3.15 bits per heavy atom. The summed E-state index contributed by atoms with van der Waals surface area (Å²) in [7, 11) is 0. The van der Waals surface area contributed by atoms with Gasteiger partial charge in [0.05, 0.1) is 24.1 Å². The van der Waals surface area contributed by atoms with Gasteiger partial charge in [-0.05, 0) is 18.6 Å². The van der Waals surface area contributed by atoms with Crippen LogP contribution in [-0.2, 0) is 14.7 Å². The molecule has 72 valence electrons. The molecule has 0 aliphatic heterocycles. The van der Waals surface area contributed by atoms with Crippen LogP contribution in [0.15, 0.2) is 22.8 Å². The smallest absolute Gasteiger partial charge is 0.317 e. The number of hydrogen-bond acceptors (Lipinski definition) is 4. The van der Waals surface area contributed by atoms with E-state index < -0.39 is 0 Å². The zero-order valence-electron chi connectivity index (χ0n) is 7.49. The first-order valence-electron chi connectivity index (χ1n) is 4.17. The van der Waals surface area contributed by atoms with Crippen molar-refractivity contribution in [3.8, 4) is 0 Å². The van der Waals surface area contributed by atoms with Gasteiger partial charge in [-0.15, -0.1) is 0 Å². The Morgan fingerprint density at radius 1 is 1.69 bits per heavy atom. The number of carbonyl (C=O) groups excluding carboxylic acids is 1. The number of rotatable bonds is 5. The van der Waals surface area contributed by atoms with Crippen molar-refractivity contribution in [3.63, 3.8) is 0 Å². The minimum Gasteiger partial charge on any atom is -0.468 e. The first-order chi connectivity index (χ1) is 6.33. The van der Waals surface area contributed by atoms with E-state index in [0.717, 1.165) is 24.2 Å². The zero-order valence-corrected chi connectivity index (χ0v) is 8.30. The molecule has 0 spiro atoms. The van der Waals surface area contributed by atoms with Crippen LogP contribution in [-0.4, -0.2) is 5.97 Å². The van der Waals surface area contributed by atoms with Crippen molar-refractivity contribution in [2.45, 2.75) is 25.5 Å². The molecule has 0 bridgehead atoms. The highest BCUT2D eigenvalue weighted by molar-refractivity contribution is 7.94. The summed E-state index contributed by atoms with van der Waals surface area (Å²) in [6.45, 7) is 1.94. The molecule has 0 aliphatic rings. The fraction of sp³-hybridized carbons (Fsp3) is 0.444. The SMILES string of the molecule is CCCC(=O)OSCc1ccco1. The maximum Gasteiger partial charge on any atom is 0.317 e. The van der Waals surface area contributed by atoms with Gasteiger partial charge in [0.2, 0.25) is 0 Å². The van der Waals surface area contributed by atoms with Crippen LogP contribution in [0.3, 0.4) is 0 Å². The number of hydrogen-bond donors (Lipinski definition) is 0. The normalized spacial score (nSPS) is 9.92. The van der Waals surface area contributed by atoms with Crippen molar-refractivity contribution in [2.24, 2.45) is 0 Å². The molecule has 0 saturated heterocycles. The Morgan fingerprint density at radius 2 is 2.54 bits per heavy atom. The van der Waals surface area contributed by atoms with Crippen molar-refractivity contribution in [1.82, 2.24) is 0 Å². The molecule has 13 heavy (non-hydrogen) atoms. The van der Waals surface area contributed by atoms with Crippen LogP contribution in [0, 0.1) is 0 Å². The Balaban J connectivity index is 2.11. The van der Waals surface area contributed by atoms with Gasteiger partial charge < -0.3 is 8.60 Å². The molecule has 0 fully saturated rings. The van der Waals surface area contributed by atoms with Gasteiger partial charge in [-0.25, -0.2) is 0 Å². The van der Waals surface area contributed by atoms with Gasteiger partial charge >= 0.3 is 5.97 Å². The standard InChI is InChI=1S/C9H12O3S/c1-2-4-9(10)12-13-7-8-5-3-6-11-8/h3,5-6H,2,4,7H2,1H3. The van der Waals surface area contributed by atoms with Crippen LogP contribution in [0.1, 0.15) is 25.5 Å². The molecule has 0 saturated carbocycles. The minimum atomic E-state index is -0.168. The summed E-state index contributed by atoms with van der Waals surface area (Å²) < 4.78 is 9.94. The first-order valence-corrected chi connectivity index (χ1v) is 5.08. The Kier molecular flexibility index (Phi) is 4.46. The Bertz CT molecular complexity index is 243. The van der Waals surface area contributed by atoms with E-state index in [4.69, 9.17) is 8.60 Å². The van der Waals surface area contributed by atoms with Gasteiger partial charge in [0.1, 0.15) is 5.76 Å². The predicted molar refractivity (Wildman–Crippen MR) is 51.0 cm³/mol. The third kappa shape index (κ3) is 4.03. The van der Waals surface area contributed by atoms with E-state index in [1.807, 2.05) is 19.1 Å². The summed E-state index contributed by atoms with van der Waals surface area (Å²) >= 11 is 1.12. The molecule has 3 nitrogen and oxygen atoms in total. The maximum atomic E-state index is 10.9. The molecule has 1 rings (SSSR count). The second-order valence-corrected chi connectivity index (χ2v) is 3.24. The molecule has 1 heterocycles. The van der Waals surface area contributed by atoms with Crippen molar-refractivity contribution in [3.05, 3.63) is 24.2 Å². The number of carbonyl (C=O) groups is 1. The lowest BCUT2D eigenvalue weighted by Gasteiger charge is -1.98. The molecular formula is C9H12O3S. The van der Waals surface area contributed by atoms with Crippen LogP contribution in [0.2, 0.25) is 0 Å². The predicted octanol–water partition coefficient (Wildman–Crippen LogP) is 2.77. The van der Waals surface area contributed by atoms with Gasteiger partial charge in [-0.1, -0.05) is 6.92 Å². The summed E-state index contributed by atoms with van der Waals surface area (Å²) in [5, 5.41) is 0. The topological polar surface area (TPSA) is 39.4 Å². The zero-order chi connectivity index (χ0) is 9.52. The molecule has 0 radical (unpaired) electrons. The third-order valence-corrected chi connectivity index (χ3v) is 2.09. The maximum absolute atomic E-state index is 10.9. The minimum absolute atomic E-state index is 0.168. The van der Waals surface area contributed by atoms with Gasteiger partial charge in [0, 0.05) is 6.42 Å².